The van der Waals surface area contributed by atoms with Crippen molar-refractivity contribution in [3.8, 4) is 5.75 Å². The van der Waals surface area contributed by atoms with E-state index < -0.39 is 5.82 Å². The Morgan fingerprint density at radius 3 is 2.68 bits per heavy atom. The molecule has 3 aromatic carbocycles. The van der Waals surface area contributed by atoms with Gasteiger partial charge in [-0.2, -0.15) is 0 Å². The van der Waals surface area contributed by atoms with Crippen LogP contribution in [0.4, 0.5) is 4.39 Å². The van der Waals surface area contributed by atoms with Gasteiger partial charge in [0, 0.05) is 41.2 Å². The summed E-state index contributed by atoms with van der Waals surface area (Å²) in [6, 6.07) is 16.5. The maximum absolute atomic E-state index is 14.1. The van der Waals surface area contributed by atoms with Crippen molar-refractivity contribution in [2.45, 2.75) is 38.8 Å². The molecule has 0 radical (unpaired) electrons. The molecule has 214 valence electrons. The Morgan fingerprint density at radius 2 is 1.88 bits per heavy atom. The Kier molecular flexibility index (Phi) is 8.90. The van der Waals surface area contributed by atoms with Gasteiger partial charge in [-0.1, -0.05) is 24.6 Å². The van der Waals surface area contributed by atoms with Crippen LogP contribution in [-0.4, -0.2) is 49.6 Å². The lowest BCUT2D eigenvalue weighted by Gasteiger charge is -2.29. The van der Waals surface area contributed by atoms with E-state index >= 15 is 0 Å². The van der Waals surface area contributed by atoms with Gasteiger partial charge < -0.3 is 24.1 Å². The standard InChI is InChI=1S/C32H32ClFN2O5/c1-3-10-35-31(37)21-5-4-20-16-27(17-22(20)13-21)36(19-24-14-25(33)6-8-28(24)40-12-11-39-2)32(38)30-18-23-15-26(34)7-9-29(23)41-30/h4-9,13-15,18,27H,3,10-12,16-17,19H2,1-2H3,(H,35,37). The van der Waals surface area contributed by atoms with E-state index in [0.29, 0.717) is 59.9 Å². The van der Waals surface area contributed by atoms with E-state index in [2.05, 4.69) is 5.32 Å². The molecule has 0 fully saturated rings. The van der Waals surface area contributed by atoms with Crippen LogP contribution in [0.2, 0.25) is 5.02 Å². The molecule has 1 N–H and O–H groups in total. The number of halogens is 2. The van der Waals surface area contributed by atoms with Gasteiger partial charge in [0.2, 0.25) is 0 Å². The molecule has 5 rings (SSSR count). The first-order valence-corrected chi connectivity index (χ1v) is 14.0. The van der Waals surface area contributed by atoms with Crippen LogP contribution in [0, 0.1) is 5.82 Å². The number of nitrogens with zero attached hydrogens (tertiary/aromatic N) is 1. The van der Waals surface area contributed by atoms with Gasteiger partial charge in [0.25, 0.3) is 11.8 Å². The number of furan rings is 1. The van der Waals surface area contributed by atoms with Gasteiger partial charge in [0.1, 0.15) is 23.8 Å². The van der Waals surface area contributed by atoms with Gasteiger partial charge in [0.05, 0.1) is 13.2 Å². The average Bonchev–Trinajstić information content (AvgIpc) is 3.59. The van der Waals surface area contributed by atoms with E-state index in [4.69, 9.17) is 25.5 Å². The molecule has 1 unspecified atom stereocenters. The normalized spacial score (nSPS) is 14.2. The van der Waals surface area contributed by atoms with Crippen molar-refractivity contribution >= 4 is 34.4 Å². The lowest BCUT2D eigenvalue weighted by molar-refractivity contribution is 0.0634. The molecule has 41 heavy (non-hydrogen) atoms. The van der Waals surface area contributed by atoms with Crippen LogP contribution in [0.25, 0.3) is 11.0 Å². The maximum atomic E-state index is 14.1. The smallest absolute Gasteiger partial charge is 0.290 e. The molecule has 0 saturated carbocycles. The summed E-state index contributed by atoms with van der Waals surface area (Å²) in [4.78, 5) is 28.4. The third-order valence-corrected chi connectivity index (χ3v) is 7.45. The summed E-state index contributed by atoms with van der Waals surface area (Å²) in [5.41, 5.74) is 3.86. The summed E-state index contributed by atoms with van der Waals surface area (Å²) in [5.74, 6) is -0.136. The van der Waals surface area contributed by atoms with Crippen LogP contribution in [-0.2, 0) is 24.1 Å². The number of amides is 2. The van der Waals surface area contributed by atoms with E-state index in [1.165, 1.54) is 18.2 Å². The van der Waals surface area contributed by atoms with Gasteiger partial charge in [-0.15, -0.1) is 0 Å². The summed E-state index contributed by atoms with van der Waals surface area (Å²) in [7, 11) is 1.60. The minimum atomic E-state index is -0.407. The Morgan fingerprint density at radius 1 is 1.05 bits per heavy atom. The SMILES string of the molecule is CCCNC(=O)c1ccc2c(c1)CC(N(Cc1cc(Cl)ccc1OCCOC)C(=O)c1cc3cc(F)ccc3o1)C2. The third-order valence-electron chi connectivity index (χ3n) is 7.21. The highest BCUT2D eigenvalue weighted by atomic mass is 35.5. The number of methoxy groups -OCH3 is 1. The quantitative estimate of drug-likeness (QED) is 0.214. The van der Waals surface area contributed by atoms with Gasteiger partial charge in [-0.05, 0) is 85.0 Å². The number of fused-ring (bicyclic) bond motifs is 2. The zero-order valence-electron chi connectivity index (χ0n) is 23.0. The van der Waals surface area contributed by atoms with Crippen molar-refractivity contribution in [3.05, 3.63) is 99.5 Å². The van der Waals surface area contributed by atoms with Gasteiger partial charge >= 0.3 is 0 Å². The number of rotatable bonds is 11. The molecule has 1 aliphatic carbocycles. The predicted molar refractivity (Wildman–Crippen MR) is 155 cm³/mol. The topological polar surface area (TPSA) is 81.0 Å². The lowest BCUT2D eigenvalue weighted by atomic mass is 10.1. The fourth-order valence-corrected chi connectivity index (χ4v) is 5.35. The lowest BCUT2D eigenvalue weighted by Crippen LogP contribution is -2.40. The van der Waals surface area contributed by atoms with Crippen LogP contribution in [0.15, 0.2) is 65.1 Å². The second-order valence-corrected chi connectivity index (χ2v) is 10.6. The van der Waals surface area contributed by atoms with Gasteiger partial charge in [0.15, 0.2) is 5.76 Å². The van der Waals surface area contributed by atoms with E-state index in [9.17, 15) is 14.0 Å². The third kappa shape index (κ3) is 6.55. The second kappa shape index (κ2) is 12.7. The van der Waals surface area contributed by atoms with Crippen molar-refractivity contribution in [2.75, 3.05) is 26.9 Å². The van der Waals surface area contributed by atoms with Crippen LogP contribution in [0.5, 0.6) is 5.75 Å². The molecule has 1 aliphatic rings. The molecule has 1 atom stereocenters. The summed E-state index contributed by atoms with van der Waals surface area (Å²) in [6.45, 7) is 3.57. The molecule has 0 saturated heterocycles. The number of carbonyl (C=O) groups excluding carboxylic acids is 2. The largest absolute Gasteiger partial charge is 0.491 e. The van der Waals surface area contributed by atoms with Crippen molar-refractivity contribution in [3.63, 3.8) is 0 Å². The minimum absolute atomic E-state index is 0.114. The van der Waals surface area contributed by atoms with Crippen molar-refractivity contribution in [2.24, 2.45) is 0 Å². The van der Waals surface area contributed by atoms with Crippen LogP contribution < -0.4 is 10.1 Å². The Balaban J connectivity index is 1.47. The number of benzene rings is 3. The molecule has 0 aliphatic heterocycles. The molecular formula is C32H32ClFN2O5. The second-order valence-electron chi connectivity index (χ2n) is 10.1. The van der Waals surface area contributed by atoms with Gasteiger partial charge in [-0.25, -0.2) is 4.39 Å². The molecule has 0 spiro atoms. The highest BCUT2D eigenvalue weighted by molar-refractivity contribution is 6.30. The number of hydrogen-bond acceptors (Lipinski definition) is 5. The molecule has 1 heterocycles. The highest BCUT2D eigenvalue weighted by Crippen LogP contribution is 2.32. The monoisotopic (exact) mass is 578 g/mol. The molecule has 1 aromatic heterocycles. The Labute approximate surface area is 243 Å². The molecule has 9 heteroatoms. The zero-order valence-corrected chi connectivity index (χ0v) is 23.8. The minimum Gasteiger partial charge on any atom is -0.491 e. The fraction of sp³-hybridized carbons (Fsp3) is 0.312. The number of nitrogens with one attached hydrogen (secondary N) is 1. The Bertz CT molecular complexity index is 1570. The van der Waals surface area contributed by atoms with E-state index in [1.807, 2.05) is 25.1 Å². The van der Waals surface area contributed by atoms with E-state index in [1.54, 1.807) is 36.3 Å². The average molecular weight is 579 g/mol. The molecule has 4 aromatic rings. The molecule has 7 nitrogen and oxygen atoms in total. The number of hydrogen-bond donors (Lipinski definition) is 1. The number of carbonyl (C=O) groups is 2. The Hall–Kier alpha value is -3.88. The van der Waals surface area contributed by atoms with Crippen LogP contribution in [0.3, 0.4) is 0 Å². The summed E-state index contributed by atoms with van der Waals surface area (Å²) in [5, 5.41) is 3.95. The van der Waals surface area contributed by atoms with Crippen molar-refractivity contribution < 1.29 is 27.9 Å². The highest BCUT2D eigenvalue weighted by Gasteiger charge is 2.33. The zero-order chi connectivity index (χ0) is 28.9. The summed E-state index contributed by atoms with van der Waals surface area (Å²) in [6.07, 6.45) is 2.02. The predicted octanol–water partition coefficient (Wildman–Crippen LogP) is 6.20. The summed E-state index contributed by atoms with van der Waals surface area (Å²) < 4.78 is 30.8. The number of ether oxygens (including phenoxy) is 2. The van der Waals surface area contributed by atoms with E-state index in [-0.39, 0.29) is 30.2 Å². The van der Waals surface area contributed by atoms with Crippen molar-refractivity contribution in [1.29, 1.82) is 0 Å². The fourth-order valence-electron chi connectivity index (χ4n) is 5.16. The van der Waals surface area contributed by atoms with Crippen LogP contribution >= 0.6 is 11.6 Å². The molecule has 2 amide bonds. The first-order chi connectivity index (χ1) is 19.9. The molecular weight excluding hydrogens is 547 g/mol. The first kappa shape index (κ1) is 28.6. The van der Waals surface area contributed by atoms with Gasteiger partial charge in [-0.3, -0.25) is 9.59 Å². The maximum Gasteiger partial charge on any atom is 0.290 e. The molecule has 0 bridgehead atoms. The first-order valence-electron chi connectivity index (χ1n) is 13.7. The summed E-state index contributed by atoms with van der Waals surface area (Å²) >= 11 is 6.37. The van der Waals surface area contributed by atoms with Crippen LogP contribution in [0.1, 0.15) is 50.9 Å². The van der Waals surface area contributed by atoms with Crippen molar-refractivity contribution in [1.82, 2.24) is 10.2 Å². The van der Waals surface area contributed by atoms with E-state index in [0.717, 1.165) is 23.1 Å².